The van der Waals surface area contributed by atoms with E-state index < -0.39 is 5.60 Å². The third kappa shape index (κ3) is 3.06. The normalized spacial score (nSPS) is 15.0. The highest BCUT2D eigenvalue weighted by Crippen LogP contribution is 2.14. The molecule has 5 heteroatoms. The minimum atomic E-state index is -0.917. The van der Waals surface area contributed by atoms with Gasteiger partial charge in [0.2, 0.25) is 0 Å². The number of carbonyl (C=O) groups excluding carboxylic acids is 1. The smallest absolute Gasteiger partial charge is 0.273 e. The zero-order valence-corrected chi connectivity index (χ0v) is 9.15. The van der Waals surface area contributed by atoms with E-state index in [0.717, 1.165) is 0 Å². The summed E-state index contributed by atoms with van der Waals surface area (Å²) < 4.78 is 4.54. The lowest BCUT2D eigenvalue weighted by molar-refractivity contribution is 0.0141. The zero-order valence-electron chi connectivity index (χ0n) is 9.15. The van der Waals surface area contributed by atoms with Gasteiger partial charge in [0.25, 0.3) is 5.91 Å². The number of hydrogen-bond donors (Lipinski definition) is 2. The first-order valence-corrected chi connectivity index (χ1v) is 4.84. The topological polar surface area (TPSA) is 75.4 Å². The number of amides is 1. The van der Waals surface area contributed by atoms with Gasteiger partial charge >= 0.3 is 0 Å². The summed E-state index contributed by atoms with van der Waals surface area (Å²) in [6, 6.07) is 1.47. The molecule has 0 radical (unpaired) electrons. The monoisotopic (exact) mass is 212 g/mol. The van der Waals surface area contributed by atoms with Crippen molar-refractivity contribution in [2.45, 2.75) is 26.4 Å². The van der Waals surface area contributed by atoms with Gasteiger partial charge in [-0.2, -0.15) is 0 Å². The van der Waals surface area contributed by atoms with Crippen LogP contribution >= 0.6 is 0 Å². The van der Waals surface area contributed by atoms with Crippen LogP contribution in [0.2, 0.25) is 0 Å². The quantitative estimate of drug-likeness (QED) is 0.774. The summed E-state index contributed by atoms with van der Waals surface area (Å²) in [5.74, 6) is -0.278. The number of aromatic nitrogens is 1. The van der Waals surface area contributed by atoms with Crippen LogP contribution in [0.3, 0.4) is 0 Å². The largest absolute Gasteiger partial charge is 0.388 e. The van der Waals surface area contributed by atoms with Gasteiger partial charge in [0, 0.05) is 12.6 Å². The standard InChI is InChI=1S/C10H16N2O3/c1-7(2)10(3,14)6-11-9(13)8-4-5-15-12-8/h4-5,7,14H,6H2,1-3H3,(H,11,13). The molecule has 1 heterocycles. The molecule has 0 aromatic carbocycles. The van der Waals surface area contributed by atoms with Crippen molar-refractivity contribution in [3.05, 3.63) is 18.0 Å². The first-order chi connectivity index (χ1) is 6.93. The molecule has 1 unspecified atom stereocenters. The number of carbonyl (C=O) groups is 1. The maximum absolute atomic E-state index is 11.4. The highest BCUT2D eigenvalue weighted by molar-refractivity contribution is 5.91. The Balaban J connectivity index is 2.48. The molecule has 5 nitrogen and oxygen atoms in total. The molecule has 1 aromatic heterocycles. The van der Waals surface area contributed by atoms with Crippen LogP contribution in [0.5, 0.6) is 0 Å². The molecule has 1 atom stereocenters. The molecular weight excluding hydrogens is 196 g/mol. The summed E-state index contributed by atoms with van der Waals surface area (Å²) >= 11 is 0. The zero-order chi connectivity index (χ0) is 11.5. The Morgan fingerprint density at radius 1 is 1.73 bits per heavy atom. The van der Waals surface area contributed by atoms with Gasteiger partial charge < -0.3 is 14.9 Å². The van der Waals surface area contributed by atoms with E-state index in [1.54, 1.807) is 6.92 Å². The van der Waals surface area contributed by atoms with Crippen molar-refractivity contribution in [2.75, 3.05) is 6.54 Å². The van der Waals surface area contributed by atoms with Crippen molar-refractivity contribution in [2.24, 2.45) is 5.92 Å². The Hall–Kier alpha value is -1.36. The summed E-state index contributed by atoms with van der Waals surface area (Å²) in [5.41, 5.74) is -0.700. The fourth-order valence-corrected chi connectivity index (χ4v) is 0.884. The van der Waals surface area contributed by atoms with Gasteiger partial charge in [0.05, 0.1) is 5.60 Å². The fraction of sp³-hybridized carbons (Fsp3) is 0.600. The predicted molar refractivity (Wildman–Crippen MR) is 54.3 cm³/mol. The molecule has 0 saturated heterocycles. The molecular formula is C10H16N2O3. The lowest BCUT2D eigenvalue weighted by atomic mass is 9.92. The molecule has 1 aromatic rings. The third-order valence-electron chi connectivity index (χ3n) is 2.52. The van der Waals surface area contributed by atoms with Crippen LogP contribution in [0.25, 0.3) is 0 Å². The Labute approximate surface area is 88.5 Å². The highest BCUT2D eigenvalue weighted by atomic mass is 16.5. The van der Waals surface area contributed by atoms with Crippen molar-refractivity contribution >= 4 is 5.91 Å². The maximum atomic E-state index is 11.4. The average Bonchev–Trinajstić information content (AvgIpc) is 2.66. The predicted octanol–water partition coefficient (Wildman–Crippen LogP) is 0.811. The Kier molecular flexibility index (Phi) is 3.47. The molecule has 2 N–H and O–H groups in total. The second kappa shape index (κ2) is 4.44. The van der Waals surface area contributed by atoms with Crippen LogP contribution in [0.15, 0.2) is 16.9 Å². The second-order valence-corrected chi connectivity index (χ2v) is 4.08. The molecule has 1 amide bonds. The number of aliphatic hydroxyl groups is 1. The first-order valence-electron chi connectivity index (χ1n) is 4.84. The number of nitrogens with zero attached hydrogens (tertiary/aromatic N) is 1. The molecule has 0 saturated carbocycles. The van der Waals surface area contributed by atoms with Crippen LogP contribution in [0.4, 0.5) is 0 Å². The third-order valence-corrected chi connectivity index (χ3v) is 2.52. The molecule has 0 fully saturated rings. The summed E-state index contributed by atoms with van der Waals surface area (Å²) in [7, 11) is 0. The van der Waals surface area contributed by atoms with E-state index >= 15 is 0 Å². The summed E-state index contributed by atoms with van der Waals surface area (Å²) in [6.45, 7) is 5.65. The highest BCUT2D eigenvalue weighted by Gasteiger charge is 2.25. The van der Waals surface area contributed by atoms with Crippen molar-refractivity contribution in [1.82, 2.24) is 10.5 Å². The lowest BCUT2D eigenvalue weighted by Gasteiger charge is -2.27. The minimum Gasteiger partial charge on any atom is -0.388 e. The van der Waals surface area contributed by atoms with Crippen molar-refractivity contribution in [3.8, 4) is 0 Å². The van der Waals surface area contributed by atoms with Gasteiger partial charge in [0.1, 0.15) is 6.26 Å². The van der Waals surface area contributed by atoms with E-state index in [4.69, 9.17) is 0 Å². The minimum absolute atomic E-state index is 0.0649. The van der Waals surface area contributed by atoms with Gasteiger partial charge in [-0.1, -0.05) is 19.0 Å². The molecule has 0 aliphatic carbocycles. The average molecular weight is 212 g/mol. The second-order valence-electron chi connectivity index (χ2n) is 4.08. The Morgan fingerprint density at radius 2 is 2.40 bits per heavy atom. The summed E-state index contributed by atoms with van der Waals surface area (Å²) in [4.78, 5) is 11.4. The molecule has 15 heavy (non-hydrogen) atoms. The fourth-order valence-electron chi connectivity index (χ4n) is 0.884. The van der Waals surface area contributed by atoms with E-state index in [0.29, 0.717) is 0 Å². The molecule has 84 valence electrons. The van der Waals surface area contributed by atoms with Crippen LogP contribution < -0.4 is 5.32 Å². The summed E-state index contributed by atoms with van der Waals surface area (Å²) in [6.07, 6.45) is 1.33. The molecule has 0 aliphatic rings. The molecule has 0 bridgehead atoms. The maximum Gasteiger partial charge on any atom is 0.273 e. The van der Waals surface area contributed by atoms with Gasteiger partial charge in [-0.15, -0.1) is 0 Å². The van der Waals surface area contributed by atoms with Crippen LogP contribution in [0.1, 0.15) is 31.3 Å². The molecule has 1 rings (SSSR count). The van der Waals surface area contributed by atoms with Gasteiger partial charge in [-0.05, 0) is 12.8 Å². The van der Waals surface area contributed by atoms with Crippen molar-refractivity contribution in [3.63, 3.8) is 0 Å². The first kappa shape index (κ1) is 11.7. The SMILES string of the molecule is CC(C)C(C)(O)CNC(=O)c1ccon1. The van der Waals surface area contributed by atoms with E-state index in [1.807, 2.05) is 13.8 Å². The Bertz CT molecular complexity index is 317. The van der Waals surface area contributed by atoms with E-state index in [-0.39, 0.29) is 24.1 Å². The summed E-state index contributed by atoms with van der Waals surface area (Å²) in [5, 5.41) is 16.0. The van der Waals surface area contributed by atoms with Gasteiger partial charge in [-0.3, -0.25) is 4.79 Å². The van der Waals surface area contributed by atoms with E-state index in [1.165, 1.54) is 12.3 Å². The number of rotatable bonds is 4. The van der Waals surface area contributed by atoms with E-state index in [2.05, 4.69) is 15.0 Å². The molecule has 0 spiro atoms. The van der Waals surface area contributed by atoms with E-state index in [9.17, 15) is 9.90 Å². The van der Waals surface area contributed by atoms with Crippen LogP contribution in [0, 0.1) is 5.92 Å². The van der Waals surface area contributed by atoms with Crippen LogP contribution in [-0.4, -0.2) is 28.3 Å². The number of nitrogens with one attached hydrogen (secondary N) is 1. The Morgan fingerprint density at radius 3 is 2.87 bits per heavy atom. The van der Waals surface area contributed by atoms with Gasteiger partial charge in [0.15, 0.2) is 5.69 Å². The van der Waals surface area contributed by atoms with Crippen molar-refractivity contribution in [1.29, 1.82) is 0 Å². The van der Waals surface area contributed by atoms with Crippen LogP contribution in [-0.2, 0) is 0 Å². The lowest BCUT2D eigenvalue weighted by Crippen LogP contribution is -2.44. The number of hydrogen-bond acceptors (Lipinski definition) is 4. The van der Waals surface area contributed by atoms with Crippen molar-refractivity contribution < 1.29 is 14.4 Å². The van der Waals surface area contributed by atoms with Gasteiger partial charge in [-0.25, -0.2) is 0 Å². The molecule has 0 aliphatic heterocycles.